The quantitative estimate of drug-likeness (QED) is 0.363. The van der Waals surface area contributed by atoms with Gasteiger partial charge in [0.2, 0.25) is 0 Å². The minimum Gasteiger partial charge on any atom is -0.494 e. The number of hydrogen-bond acceptors (Lipinski definition) is 4. The van der Waals surface area contributed by atoms with Gasteiger partial charge in [-0.3, -0.25) is 4.99 Å². The summed E-state index contributed by atoms with van der Waals surface area (Å²) in [7, 11) is 3.51. The second-order valence-corrected chi connectivity index (χ2v) is 6.65. The maximum Gasteiger partial charge on any atom is 0.193 e. The summed E-state index contributed by atoms with van der Waals surface area (Å²) >= 11 is 0. The van der Waals surface area contributed by atoms with Crippen LogP contribution in [-0.2, 0) is 9.47 Å². The van der Waals surface area contributed by atoms with Gasteiger partial charge in [0.15, 0.2) is 5.96 Å². The molecular formula is C20H32FN3O3. The Morgan fingerprint density at radius 3 is 2.78 bits per heavy atom. The lowest BCUT2D eigenvalue weighted by atomic mass is 10.1. The van der Waals surface area contributed by atoms with Gasteiger partial charge in [-0.05, 0) is 43.5 Å². The lowest BCUT2D eigenvalue weighted by Crippen LogP contribution is -2.40. The second kappa shape index (κ2) is 12.5. The number of methoxy groups -OCH3 is 1. The zero-order valence-electron chi connectivity index (χ0n) is 16.5. The molecule has 0 amide bonds. The van der Waals surface area contributed by atoms with Crippen LogP contribution in [0.3, 0.4) is 0 Å². The maximum absolute atomic E-state index is 12.8. The first-order chi connectivity index (χ1) is 13.2. The molecule has 0 saturated carbocycles. The smallest absolute Gasteiger partial charge is 0.193 e. The number of rotatable bonds is 11. The van der Waals surface area contributed by atoms with Gasteiger partial charge in [0.1, 0.15) is 11.6 Å². The number of ether oxygens (including phenoxy) is 3. The highest BCUT2D eigenvalue weighted by molar-refractivity contribution is 5.80. The van der Waals surface area contributed by atoms with Crippen molar-refractivity contribution in [3.05, 3.63) is 30.1 Å². The Balaban J connectivity index is 1.55. The number of aliphatic imine (C=N–C) groups is 1. The molecule has 2 rings (SSSR count). The van der Waals surface area contributed by atoms with Crippen molar-refractivity contribution in [1.82, 2.24) is 10.2 Å². The van der Waals surface area contributed by atoms with Crippen molar-refractivity contribution < 1.29 is 18.6 Å². The number of benzene rings is 1. The fourth-order valence-electron chi connectivity index (χ4n) is 3.03. The van der Waals surface area contributed by atoms with Crippen LogP contribution in [0.2, 0.25) is 0 Å². The monoisotopic (exact) mass is 381 g/mol. The van der Waals surface area contributed by atoms with E-state index in [1.807, 2.05) is 7.05 Å². The first kappa shape index (κ1) is 21.4. The third kappa shape index (κ3) is 8.13. The van der Waals surface area contributed by atoms with Gasteiger partial charge in [0.05, 0.1) is 26.4 Å². The Hall–Kier alpha value is -1.86. The standard InChI is InChI=1S/C20H32FN3O3/c1-22-20(24-11-9-17(15-24)16-26-14-13-25-2)23-10-3-4-12-27-19-7-5-18(21)6-8-19/h5-8,17H,3-4,9-16H2,1-2H3,(H,22,23). The molecule has 1 aromatic rings. The minimum atomic E-state index is -0.247. The molecule has 1 atom stereocenters. The van der Waals surface area contributed by atoms with Crippen molar-refractivity contribution in [3.63, 3.8) is 0 Å². The third-order valence-electron chi connectivity index (χ3n) is 4.52. The molecule has 1 aliphatic heterocycles. The zero-order valence-corrected chi connectivity index (χ0v) is 16.5. The van der Waals surface area contributed by atoms with E-state index in [1.165, 1.54) is 12.1 Å². The molecule has 7 heteroatoms. The summed E-state index contributed by atoms with van der Waals surface area (Å²) in [5, 5.41) is 3.42. The molecule has 152 valence electrons. The molecule has 1 heterocycles. The molecule has 0 bridgehead atoms. The van der Waals surface area contributed by atoms with Gasteiger partial charge in [-0.1, -0.05) is 0 Å². The lowest BCUT2D eigenvalue weighted by Gasteiger charge is -2.21. The van der Waals surface area contributed by atoms with Crippen molar-refractivity contribution in [1.29, 1.82) is 0 Å². The summed E-state index contributed by atoms with van der Waals surface area (Å²) in [6.07, 6.45) is 3.04. The van der Waals surface area contributed by atoms with Crippen molar-refractivity contribution in [2.24, 2.45) is 10.9 Å². The molecule has 0 aliphatic carbocycles. The fraction of sp³-hybridized carbons (Fsp3) is 0.650. The Morgan fingerprint density at radius 2 is 2.04 bits per heavy atom. The van der Waals surface area contributed by atoms with E-state index in [0.717, 1.165) is 51.5 Å². The number of unbranched alkanes of at least 4 members (excludes halogenated alkanes) is 1. The molecule has 1 saturated heterocycles. The number of hydrogen-bond donors (Lipinski definition) is 1. The fourth-order valence-corrected chi connectivity index (χ4v) is 3.03. The summed E-state index contributed by atoms with van der Waals surface area (Å²) in [5.41, 5.74) is 0. The normalized spacial score (nSPS) is 17.4. The molecule has 27 heavy (non-hydrogen) atoms. The van der Waals surface area contributed by atoms with Gasteiger partial charge >= 0.3 is 0 Å². The average molecular weight is 381 g/mol. The van der Waals surface area contributed by atoms with E-state index < -0.39 is 0 Å². The zero-order chi connectivity index (χ0) is 19.3. The van der Waals surface area contributed by atoms with Crippen LogP contribution >= 0.6 is 0 Å². The highest BCUT2D eigenvalue weighted by Crippen LogP contribution is 2.16. The number of likely N-dealkylation sites (tertiary alicyclic amines) is 1. The molecule has 0 spiro atoms. The number of halogens is 1. The van der Waals surface area contributed by atoms with Crippen molar-refractivity contribution in [3.8, 4) is 5.75 Å². The summed E-state index contributed by atoms with van der Waals surface area (Å²) in [6, 6.07) is 6.12. The Bertz CT molecular complexity index is 554. The third-order valence-corrected chi connectivity index (χ3v) is 4.52. The molecule has 1 fully saturated rings. The van der Waals surface area contributed by atoms with Crippen LogP contribution in [0.25, 0.3) is 0 Å². The van der Waals surface area contributed by atoms with E-state index in [2.05, 4.69) is 15.2 Å². The first-order valence-corrected chi connectivity index (χ1v) is 9.63. The predicted octanol–water partition coefficient (Wildman–Crippen LogP) is 2.55. The molecule has 0 aromatic heterocycles. The minimum absolute atomic E-state index is 0.247. The van der Waals surface area contributed by atoms with Crippen LogP contribution in [0, 0.1) is 11.7 Å². The van der Waals surface area contributed by atoms with Crippen LogP contribution in [0.15, 0.2) is 29.3 Å². The van der Waals surface area contributed by atoms with E-state index in [9.17, 15) is 4.39 Å². The topological polar surface area (TPSA) is 55.3 Å². The summed E-state index contributed by atoms with van der Waals surface area (Å²) < 4.78 is 29.1. The molecule has 1 aromatic carbocycles. The van der Waals surface area contributed by atoms with Gasteiger partial charge in [0, 0.05) is 39.7 Å². The van der Waals surface area contributed by atoms with E-state index in [1.54, 1.807) is 19.2 Å². The van der Waals surface area contributed by atoms with Gasteiger partial charge in [-0.2, -0.15) is 0 Å². The molecule has 1 aliphatic rings. The van der Waals surface area contributed by atoms with E-state index >= 15 is 0 Å². The summed E-state index contributed by atoms with van der Waals surface area (Å²) in [4.78, 5) is 6.68. The van der Waals surface area contributed by atoms with Gasteiger partial charge in [-0.25, -0.2) is 4.39 Å². The maximum atomic E-state index is 12.8. The van der Waals surface area contributed by atoms with Crippen LogP contribution in [0.5, 0.6) is 5.75 Å². The second-order valence-electron chi connectivity index (χ2n) is 6.65. The van der Waals surface area contributed by atoms with Crippen molar-refractivity contribution >= 4 is 5.96 Å². The van der Waals surface area contributed by atoms with Crippen LogP contribution < -0.4 is 10.1 Å². The van der Waals surface area contributed by atoms with E-state index in [0.29, 0.717) is 31.5 Å². The van der Waals surface area contributed by atoms with Gasteiger partial charge in [0.25, 0.3) is 0 Å². The average Bonchev–Trinajstić information content (AvgIpc) is 3.15. The summed E-state index contributed by atoms with van der Waals surface area (Å²) in [5.74, 6) is 1.96. The van der Waals surface area contributed by atoms with Crippen LogP contribution in [-0.4, -0.2) is 71.1 Å². The highest BCUT2D eigenvalue weighted by atomic mass is 19.1. The van der Waals surface area contributed by atoms with Gasteiger partial charge in [-0.15, -0.1) is 0 Å². The summed E-state index contributed by atoms with van der Waals surface area (Å²) in [6.45, 7) is 5.52. The van der Waals surface area contributed by atoms with Crippen LogP contribution in [0.4, 0.5) is 4.39 Å². The Morgan fingerprint density at radius 1 is 1.22 bits per heavy atom. The SMILES string of the molecule is CN=C(NCCCCOc1ccc(F)cc1)N1CCC(COCCOC)C1. The Kier molecular flexibility index (Phi) is 9.94. The lowest BCUT2D eigenvalue weighted by molar-refractivity contribution is 0.0536. The number of nitrogens with zero attached hydrogens (tertiary/aromatic N) is 2. The van der Waals surface area contributed by atoms with Crippen molar-refractivity contribution in [2.45, 2.75) is 19.3 Å². The Labute approximate surface area is 161 Å². The van der Waals surface area contributed by atoms with Gasteiger partial charge < -0.3 is 24.4 Å². The molecule has 1 N–H and O–H groups in total. The van der Waals surface area contributed by atoms with Crippen molar-refractivity contribution in [2.75, 3.05) is 60.2 Å². The predicted molar refractivity (Wildman–Crippen MR) is 105 cm³/mol. The number of guanidine groups is 1. The largest absolute Gasteiger partial charge is 0.494 e. The molecule has 0 radical (unpaired) electrons. The van der Waals surface area contributed by atoms with E-state index in [-0.39, 0.29) is 5.82 Å². The number of nitrogens with one attached hydrogen (secondary N) is 1. The van der Waals surface area contributed by atoms with Crippen LogP contribution in [0.1, 0.15) is 19.3 Å². The molecule has 6 nitrogen and oxygen atoms in total. The highest BCUT2D eigenvalue weighted by Gasteiger charge is 2.24. The van der Waals surface area contributed by atoms with E-state index in [4.69, 9.17) is 14.2 Å². The molecular weight excluding hydrogens is 349 g/mol. The first-order valence-electron chi connectivity index (χ1n) is 9.63. The molecule has 1 unspecified atom stereocenters.